The molecule has 1 aromatic heterocycles. The third kappa shape index (κ3) is 2.40. The van der Waals surface area contributed by atoms with Crippen LogP contribution in [-0.4, -0.2) is 16.1 Å². The van der Waals surface area contributed by atoms with Crippen molar-refractivity contribution in [3.05, 3.63) is 40.4 Å². The lowest BCUT2D eigenvalue weighted by Crippen LogP contribution is -1.97. The lowest BCUT2D eigenvalue weighted by atomic mass is 10.1. The molecule has 98 valence electrons. The minimum absolute atomic E-state index is 0.367. The van der Waals surface area contributed by atoms with Crippen molar-refractivity contribution in [2.24, 2.45) is 0 Å². The molecule has 1 aliphatic rings. The highest BCUT2D eigenvalue weighted by atomic mass is 32.1. The normalized spacial score (nSPS) is 14.6. The second-order valence-corrected chi connectivity index (χ2v) is 5.86. The highest BCUT2D eigenvalue weighted by Gasteiger charge is 2.32. The van der Waals surface area contributed by atoms with Crippen LogP contribution in [0.4, 0.5) is 0 Å². The highest BCUT2D eigenvalue weighted by molar-refractivity contribution is 7.17. The summed E-state index contributed by atoms with van der Waals surface area (Å²) < 4.78 is 0. The average molecular weight is 273 g/mol. The summed E-state index contributed by atoms with van der Waals surface area (Å²) in [5, 5.41) is 10.1. The number of carboxylic acids is 1. The largest absolute Gasteiger partial charge is 0.477 e. The van der Waals surface area contributed by atoms with Crippen LogP contribution >= 0.6 is 11.3 Å². The molecule has 1 N–H and O–H groups in total. The Morgan fingerprint density at radius 2 is 2.05 bits per heavy atom. The monoisotopic (exact) mass is 273 g/mol. The Kier molecular flexibility index (Phi) is 3.11. The van der Waals surface area contributed by atoms with Crippen LogP contribution in [0.25, 0.3) is 10.6 Å². The van der Waals surface area contributed by atoms with E-state index in [1.165, 1.54) is 16.9 Å². The van der Waals surface area contributed by atoms with Gasteiger partial charge >= 0.3 is 5.97 Å². The lowest BCUT2D eigenvalue weighted by molar-refractivity contribution is 0.0700. The van der Waals surface area contributed by atoms with Crippen molar-refractivity contribution < 1.29 is 9.90 Å². The van der Waals surface area contributed by atoms with Gasteiger partial charge in [-0.05, 0) is 24.8 Å². The van der Waals surface area contributed by atoms with Gasteiger partial charge in [0.25, 0.3) is 0 Å². The number of aromatic carboxylic acids is 1. The molecule has 0 unspecified atom stereocenters. The SMILES string of the molecule is CCc1ccc(-c2nc(C3CC3)c(C(=O)O)s2)cc1. The summed E-state index contributed by atoms with van der Waals surface area (Å²) in [6, 6.07) is 8.21. The third-order valence-electron chi connectivity index (χ3n) is 3.42. The molecule has 1 fully saturated rings. The van der Waals surface area contributed by atoms with Crippen molar-refractivity contribution >= 4 is 17.3 Å². The number of hydrogen-bond donors (Lipinski definition) is 1. The van der Waals surface area contributed by atoms with Crippen LogP contribution in [0.15, 0.2) is 24.3 Å². The Morgan fingerprint density at radius 1 is 1.37 bits per heavy atom. The highest BCUT2D eigenvalue weighted by Crippen LogP contribution is 2.44. The summed E-state index contributed by atoms with van der Waals surface area (Å²) >= 11 is 1.29. The first-order valence-corrected chi connectivity index (χ1v) is 7.34. The molecular weight excluding hydrogens is 258 g/mol. The fourth-order valence-corrected chi connectivity index (χ4v) is 3.12. The van der Waals surface area contributed by atoms with Crippen molar-refractivity contribution in [1.29, 1.82) is 0 Å². The zero-order valence-corrected chi connectivity index (χ0v) is 11.5. The van der Waals surface area contributed by atoms with Crippen LogP contribution in [0.3, 0.4) is 0 Å². The van der Waals surface area contributed by atoms with E-state index in [-0.39, 0.29) is 0 Å². The van der Waals surface area contributed by atoms with Gasteiger partial charge < -0.3 is 5.11 Å². The van der Waals surface area contributed by atoms with E-state index in [1.54, 1.807) is 0 Å². The standard InChI is InChI=1S/C15H15NO2S/c1-2-9-3-5-11(6-4-9)14-16-12(10-7-8-10)13(19-14)15(17)18/h3-6,10H,2,7-8H2,1H3,(H,17,18). The van der Waals surface area contributed by atoms with Gasteiger partial charge in [-0.3, -0.25) is 0 Å². The second kappa shape index (κ2) is 4.78. The van der Waals surface area contributed by atoms with Gasteiger partial charge in [-0.2, -0.15) is 0 Å². The molecule has 1 saturated carbocycles. The van der Waals surface area contributed by atoms with Crippen molar-refractivity contribution in [3.63, 3.8) is 0 Å². The molecule has 0 saturated heterocycles. The minimum atomic E-state index is -0.851. The summed E-state index contributed by atoms with van der Waals surface area (Å²) in [4.78, 5) is 16.2. The summed E-state index contributed by atoms with van der Waals surface area (Å²) in [7, 11) is 0. The van der Waals surface area contributed by atoms with Gasteiger partial charge in [0.15, 0.2) is 0 Å². The molecule has 0 aliphatic heterocycles. The van der Waals surface area contributed by atoms with E-state index in [9.17, 15) is 9.90 Å². The summed E-state index contributed by atoms with van der Waals surface area (Å²) in [6.07, 6.45) is 3.14. The summed E-state index contributed by atoms with van der Waals surface area (Å²) in [6.45, 7) is 2.12. The van der Waals surface area contributed by atoms with Crippen LogP contribution < -0.4 is 0 Å². The third-order valence-corrected chi connectivity index (χ3v) is 4.53. The second-order valence-electron chi connectivity index (χ2n) is 4.86. The van der Waals surface area contributed by atoms with E-state index < -0.39 is 5.97 Å². The minimum Gasteiger partial charge on any atom is -0.477 e. The fourth-order valence-electron chi connectivity index (χ4n) is 2.13. The Labute approximate surface area is 115 Å². The molecule has 1 heterocycles. The maximum atomic E-state index is 11.3. The van der Waals surface area contributed by atoms with Crippen molar-refractivity contribution in [1.82, 2.24) is 4.98 Å². The van der Waals surface area contributed by atoms with Crippen LogP contribution in [0, 0.1) is 0 Å². The first-order chi connectivity index (χ1) is 9.19. The van der Waals surface area contributed by atoms with Crippen LogP contribution in [-0.2, 0) is 6.42 Å². The number of aromatic nitrogens is 1. The predicted octanol–water partition coefficient (Wildman–Crippen LogP) is 3.95. The van der Waals surface area contributed by atoms with E-state index in [0.717, 1.165) is 35.5 Å². The molecule has 2 aromatic rings. The van der Waals surface area contributed by atoms with Gasteiger partial charge in [0, 0.05) is 11.5 Å². The molecule has 1 aromatic carbocycles. The number of carbonyl (C=O) groups is 1. The molecule has 19 heavy (non-hydrogen) atoms. The van der Waals surface area contributed by atoms with Gasteiger partial charge in [0.1, 0.15) is 9.88 Å². The lowest BCUT2D eigenvalue weighted by Gasteiger charge is -1.98. The maximum absolute atomic E-state index is 11.3. The number of aryl methyl sites for hydroxylation is 1. The fraction of sp³-hybridized carbons (Fsp3) is 0.333. The van der Waals surface area contributed by atoms with Crippen molar-refractivity contribution in [2.75, 3.05) is 0 Å². The number of carboxylic acid groups (broad SMARTS) is 1. The van der Waals surface area contributed by atoms with Crippen LogP contribution in [0.2, 0.25) is 0 Å². The number of rotatable bonds is 4. The number of nitrogens with zero attached hydrogens (tertiary/aromatic N) is 1. The van der Waals surface area contributed by atoms with E-state index >= 15 is 0 Å². The summed E-state index contributed by atoms with van der Waals surface area (Å²) in [5.41, 5.74) is 3.07. The van der Waals surface area contributed by atoms with E-state index in [0.29, 0.717) is 10.8 Å². The van der Waals surface area contributed by atoms with Crippen molar-refractivity contribution in [2.45, 2.75) is 32.1 Å². The number of thiazole rings is 1. The van der Waals surface area contributed by atoms with Gasteiger partial charge in [-0.1, -0.05) is 31.2 Å². The number of hydrogen-bond acceptors (Lipinski definition) is 3. The van der Waals surface area contributed by atoms with Gasteiger partial charge in [-0.25, -0.2) is 9.78 Å². The smallest absolute Gasteiger partial charge is 0.347 e. The molecule has 0 amide bonds. The topological polar surface area (TPSA) is 50.2 Å². The molecular formula is C15H15NO2S. The predicted molar refractivity (Wildman–Crippen MR) is 75.9 cm³/mol. The maximum Gasteiger partial charge on any atom is 0.347 e. The first-order valence-electron chi connectivity index (χ1n) is 6.52. The molecule has 1 aliphatic carbocycles. The summed E-state index contributed by atoms with van der Waals surface area (Å²) in [5.74, 6) is -0.484. The average Bonchev–Trinajstić information content (AvgIpc) is 3.17. The molecule has 0 spiro atoms. The number of benzene rings is 1. The Bertz CT molecular complexity index is 612. The van der Waals surface area contributed by atoms with E-state index in [4.69, 9.17) is 0 Å². The van der Waals surface area contributed by atoms with Gasteiger partial charge in [0.2, 0.25) is 0 Å². The molecule has 3 rings (SSSR count). The zero-order chi connectivity index (χ0) is 13.4. The molecule has 4 heteroatoms. The Hall–Kier alpha value is -1.68. The Balaban J connectivity index is 1.99. The van der Waals surface area contributed by atoms with Gasteiger partial charge in [0.05, 0.1) is 5.69 Å². The van der Waals surface area contributed by atoms with Crippen LogP contribution in [0.5, 0.6) is 0 Å². The van der Waals surface area contributed by atoms with E-state index in [2.05, 4.69) is 24.0 Å². The Morgan fingerprint density at radius 3 is 2.58 bits per heavy atom. The van der Waals surface area contributed by atoms with Crippen LogP contribution in [0.1, 0.15) is 46.6 Å². The molecule has 3 nitrogen and oxygen atoms in total. The quantitative estimate of drug-likeness (QED) is 0.917. The van der Waals surface area contributed by atoms with Gasteiger partial charge in [-0.15, -0.1) is 11.3 Å². The molecule has 0 radical (unpaired) electrons. The first kappa shape index (κ1) is 12.4. The van der Waals surface area contributed by atoms with E-state index in [1.807, 2.05) is 12.1 Å². The van der Waals surface area contributed by atoms with Crippen molar-refractivity contribution in [3.8, 4) is 10.6 Å². The molecule has 0 bridgehead atoms. The zero-order valence-electron chi connectivity index (χ0n) is 10.7. The molecule has 0 atom stereocenters.